The summed E-state index contributed by atoms with van der Waals surface area (Å²) in [5.74, 6) is -0.545. The SMILES string of the molecule is O=C1O[C@@H](CO)CN1c1ccc(-c2ccc(S(=O)(=O)N3CCC3)cc2)c(F)c1. The molecule has 148 valence electrons. The number of halogens is 1. The Morgan fingerprint density at radius 3 is 2.39 bits per heavy atom. The van der Waals surface area contributed by atoms with E-state index >= 15 is 0 Å². The van der Waals surface area contributed by atoms with E-state index in [9.17, 15) is 17.6 Å². The van der Waals surface area contributed by atoms with Gasteiger partial charge in [-0.3, -0.25) is 4.90 Å². The minimum Gasteiger partial charge on any atom is -0.441 e. The van der Waals surface area contributed by atoms with Gasteiger partial charge in [0.1, 0.15) is 11.9 Å². The second-order valence-electron chi connectivity index (χ2n) is 6.75. The number of hydrogen-bond donors (Lipinski definition) is 1. The Morgan fingerprint density at radius 1 is 1.14 bits per heavy atom. The maximum absolute atomic E-state index is 14.7. The van der Waals surface area contributed by atoms with Crippen LogP contribution in [0.1, 0.15) is 6.42 Å². The maximum atomic E-state index is 14.7. The monoisotopic (exact) mass is 406 g/mol. The van der Waals surface area contributed by atoms with Gasteiger partial charge in [-0.2, -0.15) is 4.31 Å². The van der Waals surface area contributed by atoms with E-state index in [0.717, 1.165) is 6.42 Å². The van der Waals surface area contributed by atoms with Gasteiger partial charge in [0.25, 0.3) is 0 Å². The number of amides is 1. The summed E-state index contributed by atoms with van der Waals surface area (Å²) in [4.78, 5) is 13.3. The molecule has 4 rings (SSSR count). The van der Waals surface area contributed by atoms with Crippen LogP contribution in [0.3, 0.4) is 0 Å². The van der Waals surface area contributed by atoms with Crippen LogP contribution in [-0.4, -0.2) is 56.3 Å². The Bertz CT molecular complexity index is 1010. The van der Waals surface area contributed by atoms with Crippen LogP contribution in [0, 0.1) is 5.82 Å². The second kappa shape index (κ2) is 7.16. The van der Waals surface area contributed by atoms with Crippen molar-refractivity contribution in [2.24, 2.45) is 0 Å². The second-order valence-corrected chi connectivity index (χ2v) is 8.68. The molecule has 0 unspecified atom stereocenters. The summed E-state index contributed by atoms with van der Waals surface area (Å²) in [6, 6.07) is 10.4. The molecule has 2 saturated heterocycles. The van der Waals surface area contributed by atoms with Crippen LogP contribution in [-0.2, 0) is 14.8 Å². The number of nitrogens with zero attached hydrogens (tertiary/aromatic N) is 2. The predicted octanol–water partition coefficient (Wildman–Crippen LogP) is 2.20. The topological polar surface area (TPSA) is 87.1 Å². The van der Waals surface area contributed by atoms with Gasteiger partial charge < -0.3 is 9.84 Å². The Kier molecular flexibility index (Phi) is 4.82. The zero-order valence-electron chi connectivity index (χ0n) is 14.9. The summed E-state index contributed by atoms with van der Waals surface area (Å²) >= 11 is 0. The van der Waals surface area contributed by atoms with Crippen LogP contribution < -0.4 is 4.90 Å². The van der Waals surface area contributed by atoms with Crippen molar-refractivity contribution in [3.8, 4) is 11.1 Å². The number of aliphatic hydroxyl groups excluding tert-OH is 1. The summed E-state index contributed by atoms with van der Waals surface area (Å²) in [5.41, 5.74) is 1.16. The lowest BCUT2D eigenvalue weighted by Crippen LogP contribution is -2.41. The summed E-state index contributed by atoms with van der Waals surface area (Å²) in [7, 11) is -3.48. The molecule has 1 amide bonds. The maximum Gasteiger partial charge on any atom is 0.414 e. The van der Waals surface area contributed by atoms with Gasteiger partial charge in [0.15, 0.2) is 0 Å². The molecule has 0 bridgehead atoms. The molecular formula is C19H19FN2O5S. The van der Waals surface area contributed by atoms with E-state index in [2.05, 4.69) is 0 Å². The van der Waals surface area contributed by atoms with Crippen LogP contribution in [0.2, 0.25) is 0 Å². The third-order valence-corrected chi connectivity index (χ3v) is 6.87. The largest absolute Gasteiger partial charge is 0.441 e. The molecule has 2 aromatic carbocycles. The highest BCUT2D eigenvalue weighted by molar-refractivity contribution is 7.89. The molecule has 9 heteroatoms. The van der Waals surface area contributed by atoms with Gasteiger partial charge in [-0.05, 0) is 42.3 Å². The first-order chi connectivity index (χ1) is 13.4. The van der Waals surface area contributed by atoms with Gasteiger partial charge in [-0.25, -0.2) is 17.6 Å². The van der Waals surface area contributed by atoms with Gasteiger partial charge in [0, 0.05) is 18.7 Å². The van der Waals surface area contributed by atoms with Crippen molar-refractivity contribution < 1.29 is 27.4 Å². The Morgan fingerprint density at radius 2 is 1.86 bits per heavy atom. The van der Waals surface area contributed by atoms with Crippen molar-refractivity contribution >= 4 is 21.8 Å². The van der Waals surface area contributed by atoms with E-state index in [0.29, 0.717) is 29.9 Å². The van der Waals surface area contributed by atoms with Gasteiger partial charge in [-0.15, -0.1) is 0 Å². The van der Waals surface area contributed by atoms with Crippen LogP contribution in [0.4, 0.5) is 14.9 Å². The fraction of sp³-hybridized carbons (Fsp3) is 0.316. The van der Waals surface area contributed by atoms with Crippen LogP contribution in [0.15, 0.2) is 47.4 Å². The first kappa shape index (κ1) is 18.9. The normalized spacial score (nSPS) is 20.1. The van der Waals surface area contributed by atoms with Crippen LogP contribution in [0.5, 0.6) is 0 Å². The number of aliphatic hydroxyl groups is 1. The molecule has 2 heterocycles. The summed E-state index contributed by atoms with van der Waals surface area (Å²) < 4.78 is 45.8. The first-order valence-corrected chi connectivity index (χ1v) is 10.3. The molecule has 0 aromatic heterocycles. The van der Waals surface area contributed by atoms with E-state index in [-0.39, 0.29) is 18.0 Å². The summed E-state index contributed by atoms with van der Waals surface area (Å²) in [5, 5.41) is 9.11. The van der Waals surface area contributed by atoms with Gasteiger partial charge in [0.2, 0.25) is 10.0 Å². The number of carbonyl (C=O) groups excluding carboxylic acids is 1. The predicted molar refractivity (Wildman–Crippen MR) is 99.9 cm³/mol. The molecule has 28 heavy (non-hydrogen) atoms. The lowest BCUT2D eigenvalue weighted by atomic mass is 10.0. The number of cyclic esters (lactones) is 1. The van der Waals surface area contributed by atoms with Crippen molar-refractivity contribution in [2.45, 2.75) is 17.4 Å². The van der Waals surface area contributed by atoms with Crippen molar-refractivity contribution in [1.82, 2.24) is 4.31 Å². The zero-order chi connectivity index (χ0) is 19.9. The average Bonchev–Trinajstić information content (AvgIpc) is 3.01. The molecule has 2 aliphatic rings. The number of anilines is 1. The standard InChI is InChI=1S/C19H19FN2O5S/c20-18-10-14(22-11-15(12-23)27-19(22)24)4-7-17(18)13-2-5-16(6-3-13)28(25,26)21-8-1-9-21/h2-7,10,15,23H,1,8-9,11-12H2/t15-/m1/s1. The van der Waals surface area contributed by atoms with Crippen molar-refractivity contribution in [2.75, 3.05) is 31.1 Å². The third-order valence-electron chi connectivity index (χ3n) is 4.96. The number of hydrogen-bond acceptors (Lipinski definition) is 5. The van der Waals surface area contributed by atoms with E-state index in [1.165, 1.54) is 33.5 Å². The molecule has 1 atom stereocenters. The van der Waals surface area contributed by atoms with Crippen molar-refractivity contribution in [1.29, 1.82) is 0 Å². The Balaban J connectivity index is 1.57. The number of rotatable bonds is 5. The third kappa shape index (κ3) is 3.25. The number of carbonyl (C=O) groups is 1. The van der Waals surface area contributed by atoms with Crippen LogP contribution in [0.25, 0.3) is 11.1 Å². The highest BCUT2D eigenvalue weighted by Gasteiger charge is 2.32. The average molecular weight is 406 g/mol. The van der Waals surface area contributed by atoms with Crippen molar-refractivity contribution in [3.05, 3.63) is 48.3 Å². The number of sulfonamides is 1. The molecule has 0 aliphatic carbocycles. The highest BCUT2D eigenvalue weighted by Crippen LogP contribution is 2.30. The first-order valence-electron chi connectivity index (χ1n) is 8.89. The molecule has 0 saturated carbocycles. The molecule has 0 spiro atoms. The molecule has 2 aromatic rings. The fourth-order valence-corrected chi connectivity index (χ4v) is 4.73. The number of ether oxygens (including phenoxy) is 1. The van der Waals surface area contributed by atoms with Gasteiger partial charge in [0.05, 0.1) is 23.7 Å². The van der Waals surface area contributed by atoms with E-state index < -0.39 is 28.0 Å². The summed E-state index contributed by atoms with van der Waals surface area (Å²) in [6.45, 7) is 0.902. The Hall–Kier alpha value is -2.49. The molecule has 2 fully saturated rings. The molecule has 0 radical (unpaired) electrons. The van der Waals surface area contributed by atoms with E-state index in [1.54, 1.807) is 18.2 Å². The zero-order valence-corrected chi connectivity index (χ0v) is 15.7. The van der Waals surface area contributed by atoms with Gasteiger partial charge >= 0.3 is 6.09 Å². The highest BCUT2D eigenvalue weighted by atomic mass is 32.2. The minimum absolute atomic E-state index is 0.150. The fourth-order valence-electron chi connectivity index (χ4n) is 3.22. The quantitative estimate of drug-likeness (QED) is 0.823. The van der Waals surface area contributed by atoms with Gasteiger partial charge in [-0.1, -0.05) is 12.1 Å². The smallest absolute Gasteiger partial charge is 0.414 e. The van der Waals surface area contributed by atoms with E-state index in [4.69, 9.17) is 9.84 Å². The lowest BCUT2D eigenvalue weighted by molar-refractivity contribution is 0.0963. The Labute approximate surface area is 162 Å². The molecular weight excluding hydrogens is 387 g/mol. The lowest BCUT2D eigenvalue weighted by Gasteiger charge is -2.29. The molecule has 7 nitrogen and oxygen atoms in total. The van der Waals surface area contributed by atoms with E-state index in [1.807, 2.05) is 0 Å². The molecule has 1 N–H and O–H groups in total. The number of benzene rings is 2. The minimum atomic E-state index is -3.48. The van der Waals surface area contributed by atoms with Crippen LogP contribution >= 0.6 is 0 Å². The molecule has 2 aliphatic heterocycles. The summed E-state index contributed by atoms with van der Waals surface area (Å²) in [6.07, 6.45) is -0.402. The van der Waals surface area contributed by atoms with Crippen molar-refractivity contribution in [3.63, 3.8) is 0 Å².